The maximum Gasteiger partial charge on any atom is 0.331 e. The van der Waals surface area contributed by atoms with Crippen LogP contribution in [-0.2, 0) is 14.3 Å². The molecule has 0 aliphatic heterocycles. The Morgan fingerprint density at radius 1 is 1.00 bits per heavy atom. The third-order valence-electron chi connectivity index (χ3n) is 3.98. The molecule has 0 aliphatic rings. The quantitative estimate of drug-likeness (QED) is 0.511. The van der Waals surface area contributed by atoms with Gasteiger partial charge < -0.3 is 19.5 Å². The maximum atomic E-state index is 12.5. The summed E-state index contributed by atoms with van der Waals surface area (Å²) in [6.07, 6.45) is 1.37. The summed E-state index contributed by atoms with van der Waals surface area (Å²) in [4.78, 5) is 36.6. The minimum atomic E-state index is -1.29. The third-order valence-corrected chi connectivity index (χ3v) is 3.98. The van der Waals surface area contributed by atoms with Gasteiger partial charge in [-0.25, -0.2) is 9.59 Å². The van der Waals surface area contributed by atoms with E-state index in [-0.39, 0.29) is 0 Å². The molecule has 3 amide bonds. The first-order chi connectivity index (χ1) is 14.5. The zero-order valence-corrected chi connectivity index (χ0v) is 17.0. The number of urea groups is 1. The van der Waals surface area contributed by atoms with Crippen molar-refractivity contribution < 1.29 is 28.6 Å². The number of hydrogen-bond acceptors (Lipinski definition) is 6. The monoisotopic (exact) mass is 412 g/mol. The lowest BCUT2D eigenvalue weighted by atomic mass is 10.1. The first-order valence-electron chi connectivity index (χ1n) is 9.23. The van der Waals surface area contributed by atoms with Crippen molar-refractivity contribution in [1.82, 2.24) is 10.6 Å². The fourth-order valence-corrected chi connectivity index (χ4v) is 2.64. The lowest BCUT2D eigenvalue weighted by Gasteiger charge is -2.17. The van der Waals surface area contributed by atoms with Gasteiger partial charge in [-0.15, -0.1) is 0 Å². The lowest BCUT2D eigenvalue weighted by Crippen LogP contribution is -2.42. The standard InChI is InChI=1S/C22H24N2O6/c1-4-23-22(27)24-21(26)20(15-9-6-5-7-10-15)30-18(25)14-13-16-11-8-12-17(28-2)19(16)29-3/h5-14,20H,4H2,1-3H3,(H2,23,24,26,27)/b14-13+/t20-/m1/s1. The molecule has 2 rings (SSSR count). The van der Waals surface area contributed by atoms with Crippen molar-refractivity contribution in [2.75, 3.05) is 20.8 Å². The smallest absolute Gasteiger partial charge is 0.331 e. The average molecular weight is 412 g/mol. The van der Waals surface area contributed by atoms with Crippen molar-refractivity contribution in [3.05, 3.63) is 65.7 Å². The molecule has 8 heteroatoms. The number of methoxy groups -OCH3 is 2. The number of benzene rings is 2. The average Bonchev–Trinajstić information content (AvgIpc) is 2.76. The largest absolute Gasteiger partial charge is 0.493 e. The molecule has 8 nitrogen and oxygen atoms in total. The van der Waals surface area contributed by atoms with E-state index >= 15 is 0 Å². The minimum Gasteiger partial charge on any atom is -0.493 e. The van der Waals surface area contributed by atoms with Crippen LogP contribution in [0.4, 0.5) is 4.79 Å². The van der Waals surface area contributed by atoms with Crippen LogP contribution in [0, 0.1) is 0 Å². The first kappa shape index (κ1) is 22.5. The molecule has 2 N–H and O–H groups in total. The summed E-state index contributed by atoms with van der Waals surface area (Å²) < 4.78 is 15.9. The molecular formula is C22H24N2O6. The molecule has 0 unspecified atom stereocenters. The second-order valence-electron chi connectivity index (χ2n) is 5.99. The number of rotatable bonds is 8. The number of nitrogens with one attached hydrogen (secondary N) is 2. The van der Waals surface area contributed by atoms with E-state index in [1.54, 1.807) is 55.5 Å². The van der Waals surface area contributed by atoms with Crippen LogP contribution in [0.25, 0.3) is 6.08 Å². The van der Waals surface area contributed by atoms with Crippen molar-refractivity contribution in [3.8, 4) is 11.5 Å². The van der Waals surface area contributed by atoms with Crippen molar-refractivity contribution in [2.24, 2.45) is 0 Å². The van der Waals surface area contributed by atoms with Crippen LogP contribution in [0.1, 0.15) is 24.2 Å². The van der Waals surface area contributed by atoms with Gasteiger partial charge in [0.2, 0.25) is 6.10 Å². The van der Waals surface area contributed by atoms with E-state index < -0.39 is 24.0 Å². The van der Waals surface area contributed by atoms with E-state index in [1.807, 2.05) is 0 Å². The molecule has 0 saturated heterocycles. The van der Waals surface area contributed by atoms with Gasteiger partial charge in [-0.05, 0) is 19.1 Å². The number of ether oxygens (including phenoxy) is 3. The number of carbonyl (C=O) groups is 3. The second kappa shape index (κ2) is 11.3. The molecule has 0 fully saturated rings. The molecular weight excluding hydrogens is 388 g/mol. The summed E-state index contributed by atoms with van der Waals surface area (Å²) in [6.45, 7) is 2.07. The first-order valence-corrected chi connectivity index (χ1v) is 9.23. The van der Waals surface area contributed by atoms with Gasteiger partial charge in [0, 0.05) is 23.7 Å². The second-order valence-corrected chi connectivity index (χ2v) is 5.99. The van der Waals surface area contributed by atoms with Gasteiger partial charge in [0.05, 0.1) is 14.2 Å². The van der Waals surface area contributed by atoms with Crippen molar-refractivity contribution in [3.63, 3.8) is 0 Å². The number of imide groups is 1. The van der Waals surface area contributed by atoms with Gasteiger partial charge >= 0.3 is 12.0 Å². The fraction of sp³-hybridized carbons (Fsp3) is 0.227. The maximum absolute atomic E-state index is 12.5. The summed E-state index contributed by atoms with van der Waals surface area (Å²) >= 11 is 0. The molecule has 0 saturated carbocycles. The number of amides is 3. The Bertz CT molecular complexity index is 911. The van der Waals surface area contributed by atoms with Crippen molar-refractivity contribution in [1.29, 1.82) is 0 Å². The Kier molecular flexibility index (Phi) is 8.43. The van der Waals surface area contributed by atoms with Crippen molar-refractivity contribution >= 4 is 24.0 Å². The predicted octanol–water partition coefficient (Wildman–Crippen LogP) is 2.85. The highest BCUT2D eigenvalue weighted by Gasteiger charge is 2.25. The van der Waals surface area contributed by atoms with Gasteiger partial charge in [-0.1, -0.05) is 42.5 Å². The highest BCUT2D eigenvalue weighted by atomic mass is 16.5. The molecule has 0 bridgehead atoms. The minimum absolute atomic E-state index is 0.347. The number of esters is 1. The molecule has 2 aromatic rings. The highest BCUT2D eigenvalue weighted by Crippen LogP contribution is 2.31. The van der Waals surface area contributed by atoms with Crippen LogP contribution < -0.4 is 20.1 Å². The van der Waals surface area contributed by atoms with Crippen LogP contribution in [0.5, 0.6) is 11.5 Å². The van der Waals surface area contributed by atoms with E-state index in [9.17, 15) is 14.4 Å². The topological polar surface area (TPSA) is 103 Å². The molecule has 30 heavy (non-hydrogen) atoms. The number of carbonyl (C=O) groups excluding carboxylic acids is 3. The Labute approximate surface area is 174 Å². The zero-order chi connectivity index (χ0) is 21.9. The van der Waals surface area contributed by atoms with E-state index in [2.05, 4.69) is 10.6 Å². The zero-order valence-electron chi connectivity index (χ0n) is 17.0. The van der Waals surface area contributed by atoms with Gasteiger partial charge in [-0.2, -0.15) is 0 Å². The summed E-state index contributed by atoms with van der Waals surface area (Å²) in [5.74, 6) is -0.554. The van der Waals surface area contributed by atoms with E-state index in [4.69, 9.17) is 14.2 Å². The van der Waals surface area contributed by atoms with Crippen LogP contribution in [0.3, 0.4) is 0 Å². The predicted molar refractivity (Wildman–Crippen MR) is 111 cm³/mol. The van der Waals surface area contributed by atoms with E-state index in [1.165, 1.54) is 26.4 Å². The normalized spacial score (nSPS) is 11.4. The van der Waals surface area contributed by atoms with Gasteiger partial charge in [0.15, 0.2) is 11.5 Å². The number of para-hydroxylation sites is 1. The molecule has 0 aliphatic carbocycles. The van der Waals surface area contributed by atoms with Gasteiger partial charge in [0.25, 0.3) is 5.91 Å². The summed E-state index contributed by atoms with van der Waals surface area (Å²) in [7, 11) is 3.00. The van der Waals surface area contributed by atoms with Gasteiger partial charge in [0.1, 0.15) is 0 Å². The Morgan fingerprint density at radius 2 is 1.73 bits per heavy atom. The summed E-state index contributed by atoms with van der Waals surface area (Å²) in [6, 6.07) is 13.0. The van der Waals surface area contributed by atoms with E-state index in [0.29, 0.717) is 29.2 Å². The fourth-order valence-electron chi connectivity index (χ4n) is 2.64. The molecule has 158 valence electrons. The molecule has 2 aromatic carbocycles. The Hall–Kier alpha value is -3.81. The SMILES string of the molecule is CCNC(=O)NC(=O)[C@H](OC(=O)/C=C/c1cccc(OC)c1OC)c1ccccc1. The van der Waals surface area contributed by atoms with Crippen molar-refractivity contribution in [2.45, 2.75) is 13.0 Å². The number of hydrogen-bond donors (Lipinski definition) is 2. The molecule has 0 heterocycles. The molecule has 0 spiro atoms. The molecule has 0 radical (unpaired) electrons. The lowest BCUT2D eigenvalue weighted by molar-refractivity contribution is -0.151. The Balaban J connectivity index is 2.19. The Morgan fingerprint density at radius 3 is 2.37 bits per heavy atom. The van der Waals surface area contributed by atoms with Gasteiger partial charge in [-0.3, -0.25) is 10.1 Å². The van der Waals surface area contributed by atoms with Crippen LogP contribution in [-0.4, -0.2) is 38.7 Å². The molecule has 1 atom stereocenters. The summed E-state index contributed by atoms with van der Waals surface area (Å²) in [5, 5.41) is 4.62. The van der Waals surface area contributed by atoms with Crippen LogP contribution >= 0.6 is 0 Å². The third kappa shape index (κ3) is 6.10. The highest BCUT2D eigenvalue weighted by molar-refractivity contribution is 5.98. The van der Waals surface area contributed by atoms with Crippen LogP contribution in [0.2, 0.25) is 0 Å². The molecule has 0 aromatic heterocycles. The van der Waals surface area contributed by atoms with Crippen LogP contribution in [0.15, 0.2) is 54.6 Å². The summed E-state index contributed by atoms with van der Waals surface area (Å²) in [5.41, 5.74) is 1.02. The van der Waals surface area contributed by atoms with E-state index in [0.717, 1.165) is 0 Å².